The molecule has 0 saturated carbocycles. The molecule has 0 radical (unpaired) electrons. The van der Waals surface area contributed by atoms with Crippen molar-refractivity contribution in [1.29, 1.82) is 0 Å². The van der Waals surface area contributed by atoms with Gasteiger partial charge < -0.3 is 10.2 Å². The van der Waals surface area contributed by atoms with Gasteiger partial charge in [0.15, 0.2) is 0 Å². The van der Waals surface area contributed by atoms with Crippen molar-refractivity contribution in [1.82, 2.24) is 10.2 Å². The van der Waals surface area contributed by atoms with Crippen LogP contribution in [0.4, 0.5) is 5.69 Å². The first-order chi connectivity index (χ1) is 11.1. The molecule has 1 aromatic rings. The van der Waals surface area contributed by atoms with Gasteiger partial charge in [0, 0.05) is 23.8 Å². The molecule has 2 aliphatic heterocycles. The molecule has 7 heteroatoms. The number of aliphatic imine (C=N–C) groups is 1. The van der Waals surface area contributed by atoms with Crippen molar-refractivity contribution in [3.8, 4) is 0 Å². The monoisotopic (exact) mass is 334 g/mol. The van der Waals surface area contributed by atoms with E-state index in [9.17, 15) is 9.59 Å². The summed E-state index contributed by atoms with van der Waals surface area (Å²) >= 11 is 5.91. The molecule has 1 aromatic carbocycles. The minimum Gasteiger partial charge on any atom is -0.343 e. The van der Waals surface area contributed by atoms with Crippen LogP contribution in [0.2, 0.25) is 5.02 Å². The van der Waals surface area contributed by atoms with Gasteiger partial charge in [0.1, 0.15) is 6.04 Å². The molecule has 1 saturated heterocycles. The lowest BCUT2D eigenvalue weighted by Crippen LogP contribution is -2.51. The summed E-state index contributed by atoms with van der Waals surface area (Å²) in [6.45, 7) is 1.73. The maximum atomic E-state index is 12.4. The van der Waals surface area contributed by atoms with Crippen LogP contribution >= 0.6 is 11.6 Å². The van der Waals surface area contributed by atoms with E-state index in [0.29, 0.717) is 16.7 Å². The van der Waals surface area contributed by atoms with Crippen molar-refractivity contribution in [2.24, 2.45) is 4.99 Å². The second-order valence-electron chi connectivity index (χ2n) is 5.77. The molecule has 0 bridgehead atoms. The fourth-order valence-electron chi connectivity index (χ4n) is 2.79. The minimum absolute atomic E-state index is 0.0593. The average Bonchev–Trinajstić information content (AvgIpc) is 2.55. The first-order valence-corrected chi connectivity index (χ1v) is 8.18. The molecule has 0 unspecified atom stereocenters. The van der Waals surface area contributed by atoms with Crippen LogP contribution in [0, 0.1) is 0 Å². The van der Waals surface area contributed by atoms with Crippen LogP contribution in [-0.4, -0.2) is 41.8 Å². The van der Waals surface area contributed by atoms with Gasteiger partial charge in [-0.3, -0.25) is 14.9 Å². The molecule has 1 atom stereocenters. The van der Waals surface area contributed by atoms with Crippen LogP contribution in [0.5, 0.6) is 0 Å². The Morgan fingerprint density at radius 3 is 2.83 bits per heavy atom. The number of rotatable bonds is 2. The molecule has 6 nitrogen and oxygen atoms in total. The maximum absolute atomic E-state index is 12.4. The maximum Gasteiger partial charge on any atom is 0.249 e. The fourth-order valence-corrected chi connectivity index (χ4v) is 2.98. The number of anilines is 1. The van der Waals surface area contributed by atoms with E-state index in [1.807, 2.05) is 4.90 Å². The highest BCUT2D eigenvalue weighted by molar-refractivity contribution is 6.30. The van der Waals surface area contributed by atoms with Crippen LogP contribution in [0.25, 0.3) is 0 Å². The Hall–Kier alpha value is -2.08. The molecular formula is C16H19ClN4O2. The molecule has 1 fully saturated rings. The third-order valence-corrected chi connectivity index (χ3v) is 4.19. The second-order valence-corrected chi connectivity index (χ2v) is 6.20. The molecule has 3 rings (SSSR count). The van der Waals surface area contributed by atoms with Gasteiger partial charge in [0.05, 0.1) is 6.42 Å². The molecule has 2 N–H and O–H groups in total. The number of piperidine rings is 1. The SMILES string of the molecule is O=C1C[C@@H](C(=O)Nc2cccc(Cl)c2)N=C(N2CCCCC2)N1. The van der Waals surface area contributed by atoms with E-state index in [1.165, 1.54) is 6.42 Å². The highest BCUT2D eigenvalue weighted by Crippen LogP contribution is 2.17. The van der Waals surface area contributed by atoms with Crippen molar-refractivity contribution in [2.75, 3.05) is 18.4 Å². The predicted octanol–water partition coefficient (Wildman–Crippen LogP) is 2.01. The number of hydrogen-bond acceptors (Lipinski definition) is 4. The lowest BCUT2D eigenvalue weighted by molar-refractivity contribution is -0.125. The number of benzene rings is 1. The van der Waals surface area contributed by atoms with E-state index in [0.717, 1.165) is 25.9 Å². The number of amides is 2. The highest BCUT2D eigenvalue weighted by atomic mass is 35.5. The number of carbonyl (C=O) groups is 2. The molecular weight excluding hydrogens is 316 g/mol. The van der Waals surface area contributed by atoms with Crippen LogP contribution in [0.15, 0.2) is 29.3 Å². The van der Waals surface area contributed by atoms with Gasteiger partial charge in [-0.25, -0.2) is 4.99 Å². The van der Waals surface area contributed by atoms with E-state index in [4.69, 9.17) is 11.6 Å². The van der Waals surface area contributed by atoms with E-state index in [-0.39, 0.29) is 18.2 Å². The topological polar surface area (TPSA) is 73.8 Å². The summed E-state index contributed by atoms with van der Waals surface area (Å²) in [4.78, 5) is 30.8. The van der Waals surface area contributed by atoms with Gasteiger partial charge in [-0.1, -0.05) is 17.7 Å². The molecule has 122 valence electrons. The van der Waals surface area contributed by atoms with Crippen molar-refractivity contribution in [3.05, 3.63) is 29.3 Å². The number of nitrogens with one attached hydrogen (secondary N) is 2. The third-order valence-electron chi connectivity index (χ3n) is 3.96. The third kappa shape index (κ3) is 4.01. The van der Waals surface area contributed by atoms with E-state index >= 15 is 0 Å². The summed E-state index contributed by atoms with van der Waals surface area (Å²) in [5.41, 5.74) is 0.600. The summed E-state index contributed by atoms with van der Waals surface area (Å²) in [5, 5.41) is 6.09. The predicted molar refractivity (Wildman–Crippen MR) is 89.5 cm³/mol. The first kappa shape index (κ1) is 15.8. The van der Waals surface area contributed by atoms with Gasteiger partial charge >= 0.3 is 0 Å². The Kier molecular flexibility index (Phi) is 4.81. The molecule has 0 aliphatic carbocycles. The van der Waals surface area contributed by atoms with Crippen molar-refractivity contribution >= 4 is 35.1 Å². The van der Waals surface area contributed by atoms with Crippen LogP contribution in [0.1, 0.15) is 25.7 Å². The molecule has 2 amide bonds. The Bertz CT molecular complexity index is 641. The summed E-state index contributed by atoms with van der Waals surface area (Å²) in [7, 11) is 0. The van der Waals surface area contributed by atoms with Gasteiger partial charge in [-0.2, -0.15) is 0 Å². The zero-order valence-corrected chi connectivity index (χ0v) is 13.5. The summed E-state index contributed by atoms with van der Waals surface area (Å²) < 4.78 is 0. The Morgan fingerprint density at radius 2 is 2.09 bits per heavy atom. The molecule has 2 heterocycles. The Labute approximate surface area is 139 Å². The quantitative estimate of drug-likeness (QED) is 0.869. The van der Waals surface area contributed by atoms with Crippen LogP contribution in [-0.2, 0) is 9.59 Å². The smallest absolute Gasteiger partial charge is 0.249 e. The highest BCUT2D eigenvalue weighted by Gasteiger charge is 2.29. The standard InChI is InChI=1S/C16H19ClN4O2/c17-11-5-4-6-12(9-11)18-15(23)13-10-14(22)20-16(19-13)21-7-2-1-3-8-21/h4-6,9,13H,1-3,7-8,10H2,(H,18,23)(H,19,20,22)/t13-/m0/s1. The molecule has 0 aromatic heterocycles. The number of nitrogens with zero attached hydrogens (tertiary/aromatic N) is 2. The first-order valence-electron chi connectivity index (χ1n) is 7.81. The van der Waals surface area contributed by atoms with E-state index < -0.39 is 6.04 Å². The Morgan fingerprint density at radius 1 is 1.30 bits per heavy atom. The van der Waals surface area contributed by atoms with E-state index in [1.54, 1.807) is 24.3 Å². The lowest BCUT2D eigenvalue weighted by atomic mass is 10.1. The average molecular weight is 335 g/mol. The lowest BCUT2D eigenvalue weighted by Gasteiger charge is -2.32. The second kappa shape index (κ2) is 7.00. The van der Waals surface area contributed by atoms with Gasteiger partial charge in [-0.05, 0) is 37.5 Å². The molecule has 23 heavy (non-hydrogen) atoms. The van der Waals surface area contributed by atoms with Crippen molar-refractivity contribution in [2.45, 2.75) is 31.7 Å². The minimum atomic E-state index is -0.709. The molecule has 0 spiro atoms. The number of hydrogen-bond donors (Lipinski definition) is 2. The number of likely N-dealkylation sites (tertiary alicyclic amines) is 1. The van der Waals surface area contributed by atoms with Gasteiger partial charge in [-0.15, -0.1) is 0 Å². The zero-order valence-electron chi connectivity index (χ0n) is 12.7. The normalized spacial score (nSPS) is 21.4. The number of carbonyl (C=O) groups excluding carboxylic acids is 2. The summed E-state index contributed by atoms with van der Waals surface area (Å²) in [6.07, 6.45) is 3.41. The fraction of sp³-hybridized carbons (Fsp3) is 0.438. The van der Waals surface area contributed by atoms with Crippen LogP contribution < -0.4 is 10.6 Å². The van der Waals surface area contributed by atoms with Crippen molar-refractivity contribution < 1.29 is 9.59 Å². The van der Waals surface area contributed by atoms with Crippen LogP contribution in [0.3, 0.4) is 0 Å². The van der Waals surface area contributed by atoms with E-state index in [2.05, 4.69) is 15.6 Å². The number of guanidine groups is 1. The molecule has 2 aliphatic rings. The van der Waals surface area contributed by atoms with Crippen molar-refractivity contribution in [3.63, 3.8) is 0 Å². The Balaban J connectivity index is 1.72. The summed E-state index contributed by atoms with van der Waals surface area (Å²) in [6, 6.07) is 6.20. The number of halogens is 1. The van der Waals surface area contributed by atoms with Gasteiger partial charge in [0.25, 0.3) is 0 Å². The zero-order chi connectivity index (χ0) is 16.2. The largest absolute Gasteiger partial charge is 0.343 e. The summed E-state index contributed by atoms with van der Waals surface area (Å²) in [5.74, 6) is 0.0515. The van der Waals surface area contributed by atoms with Gasteiger partial charge in [0.2, 0.25) is 17.8 Å².